The molecule has 6 aromatic carbocycles. The molecule has 0 saturated carbocycles. The van der Waals surface area contributed by atoms with Gasteiger partial charge in [0.1, 0.15) is 53.8 Å². The molecule has 32 nitrogen and oxygen atoms in total. The van der Waals surface area contributed by atoms with E-state index in [9.17, 15) is 71.3 Å². The maximum atomic E-state index is 14.7. The fraction of sp³-hybridized carbons (Fsp3) is 0.174. The Morgan fingerprint density at radius 3 is 1.64 bits per heavy atom. The van der Waals surface area contributed by atoms with Crippen molar-refractivity contribution >= 4 is 120 Å². The van der Waals surface area contributed by atoms with Gasteiger partial charge in [-0.2, -0.15) is 63.0 Å². The van der Waals surface area contributed by atoms with Gasteiger partial charge in [-0.25, -0.2) is 4.79 Å². The van der Waals surface area contributed by atoms with Gasteiger partial charge in [-0.15, -0.1) is 30.7 Å². The Morgan fingerprint density at radius 2 is 1.10 bits per heavy atom. The van der Waals surface area contributed by atoms with Crippen LogP contribution in [0.4, 0.5) is 62.3 Å². The van der Waals surface area contributed by atoms with Crippen molar-refractivity contribution in [1.29, 1.82) is 0 Å². The molecule has 0 fully saturated rings. The number of hydrogen-bond acceptors (Lipinski definition) is 27. The summed E-state index contributed by atoms with van der Waals surface area (Å²) in [6.07, 6.45) is -0.122. The average molecular weight is 1220 g/mol. The van der Waals surface area contributed by atoms with E-state index in [-0.39, 0.29) is 87.2 Å². The molecule has 434 valence electrons. The van der Waals surface area contributed by atoms with Gasteiger partial charge < -0.3 is 35.6 Å². The summed E-state index contributed by atoms with van der Waals surface area (Å²) in [6, 6.07) is 16.4. The number of nitrogens with one attached hydrogen (secondary N) is 4. The van der Waals surface area contributed by atoms with E-state index in [1.54, 1.807) is 0 Å². The highest BCUT2D eigenvalue weighted by Crippen LogP contribution is 2.45. The Kier molecular flexibility index (Phi) is 17.3. The highest BCUT2D eigenvalue weighted by molar-refractivity contribution is 7.86. The summed E-state index contributed by atoms with van der Waals surface area (Å²) in [6.45, 7) is 2.37. The molecule has 2 heterocycles. The number of aromatic nitrogens is 6. The number of phenols is 2. The van der Waals surface area contributed by atoms with Crippen molar-refractivity contribution in [2.75, 3.05) is 43.3 Å². The van der Waals surface area contributed by atoms with Crippen LogP contribution in [-0.4, -0.2) is 119 Å². The van der Waals surface area contributed by atoms with Crippen LogP contribution in [0.5, 0.6) is 23.0 Å². The van der Waals surface area contributed by atoms with E-state index < -0.39 is 106 Å². The van der Waals surface area contributed by atoms with Gasteiger partial charge in [-0.3, -0.25) is 23.2 Å². The molecule has 0 spiro atoms. The molecule has 37 heteroatoms. The van der Waals surface area contributed by atoms with Gasteiger partial charge in [-0.05, 0) is 102 Å². The number of halogens is 1. The topological polar surface area (TPSA) is 484 Å². The van der Waals surface area contributed by atoms with E-state index in [1.807, 2.05) is 6.92 Å². The maximum Gasteiger partial charge on any atom is 0.351 e. The molecule has 0 aliphatic rings. The number of methoxy groups -OCH3 is 2. The lowest BCUT2D eigenvalue weighted by Crippen LogP contribution is -2.18. The number of rotatable bonds is 22. The van der Waals surface area contributed by atoms with Crippen molar-refractivity contribution in [1.82, 2.24) is 29.9 Å². The first-order valence-electron chi connectivity index (χ1n) is 23.3. The molecule has 0 bridgehead atoms. The molecule has 1 unspecified atom stereocenters. The van der Waals surface area contributed by atoms with Crippen molar-refractivity contribution in [2.24, 2.45) is 36.6 Å². The van der Waals surface area contributed by atoms with Crippen LogP contribution < -0.4 is 31.1 Å². The van der Waals surface area contributed by atoms with E-state index >= 15 is 0 Å². The summed E-state index contributed by atoms with van der Waals surface area (Å²) in [5, 5.41) is 53.6. The van der Waals surface area contributed by atoms with Crippen LogP contribution >= 0.6 is 0 Å². The van der Waals surface area contributed by atoms with E-state index in [4.69, 9.17) is 9.47 Å². The number of H-pyrrole nitrogens is 1. The Labute approximate surface area is 467 Å². The van der Waals surface area contributed by atoms with E-state index in [2.05, 4.69) is 76.5 Å². The first kappa shape index (κ1) is 59.7. The van der Waals surface area contributed by atoms with Gasteiger partial charge in [0.25, 0.3) is 46.4 Å². The quantitative estimate of drug-likeness (QED) is 0.0174. The molecular weight excluding hydrogens is 1180 g/mol. The highest BCUT2D eigenvalue weighted by atomic mass is 32.2. The number of azo groups is 3. The minimum atomic E-state index is -5.13. The normalized spacial score (nSPS) is 12.9. The number of anilines is 4. The molecule has 0 aliphatic heterocycles. The van der Waals surface area contributed by atoms with Crippen LogP contribution in [0.25, 0.3) is 21.5 Å². The number of hydrogen-bond donors (Lipinski definition) is 10. The average Bonchev–Trinajstić information content (AvgIpc) is 2.94. The molecule has 0 saturated heterocycles. The number of benzene rings is 6. The number of ether oxygens (including phenoxy) is 2. The zero-order valence-electron chi connectivity index (χ0n) is 42.6. The molecule has 2 aromatic heterocycles. The fourth-order valence-electron chi connectivity index (χ4n) is 7.68. The predicted octanol–water partition coefficient (Wildman–Crippen LogP) is 8.14. The second kappa shape index (κ2) is 24.0. The summed E-state index contributed by atoms with van der Waals surface area (Å²) < 4.78 is 162. The Morgan fingerprint density at radius 1 is 0.578 bits per heavy atom. The van der Waals surface area contributed by atoms with Crippen molar-refractivity contribution < 1.29 is 76.0 Å². The second-order valence-corrected chi connectivity index (χ2v) is 22.9. The van der Waals surface area contributed by atoms with Gasteiger partial charge in [0.15, 0.2) is 11.5 Å². The zero-order chi connectivity index (χ0) is 60.2. The van der Waals surface area contributed by atoms with Crippen LogP contribution in [0.3, 0.4) is 0 Å². The summed E-state index contributed by atoms with van der Waals surface area (Å²) in [4.78, 5) is 30.8. The second-order valence-electron chi connectivity index (χ2n) is 17.4. The number of phenolic OH excluding ortho intramolecular Hbond substituents is 2. The molecule has 8 aromatic rings. The SMILES string of the molecule is COc1ccc(N=Nc2c(S(=O)(=O)O)cc3cc(N=Nc4nc(NCCCC(C)CNc5nc(F)nc(Nc6ccc7c(O)c(N=Nc8ccc(OC)cc8S(=O)(=O)O)c(S(=O)(=O)O)cc7c6)n5)nc(=O)[nH]4)ccc3c2O)c(S(=O)(=O)O)c1. The lowest BCUT2D eigenvalue weighted by atomic mass is 10.1. The standard InChI is InChI=1S/C46H42FN15O17S4/c1-22(21-49-43-51-41(47)52-44(53-43)50-25-6-10-29-23(15-25)17-35(82(72,73)74)37(39(29)63)60-58-31-12-8-27(78-2)19-33(31)80(66,67)68)5-4-14-48-42-54-45(56-46(65)55-42)62-57-26-7-11-30-24(16-26)18-36(83(75,76)77)38(40(30)64)61-59-32-13-9-28(79-3)20-34(32)81(69,70)71/h6-13,15-20,22,63-64H,4-5,14,21H2,1-3H3,(H,66,67,68)(H,69,70,71)(H,72,73,74)(H,75,76,77)(H2,48,54,55,56,65)(H2,49,50,51,52,53). The van der Waals surface area contributed by atoms with Gasteiger partial charge in [0.2, 0.25) is 17.8 Å². The predicted molar refractivity (Wildman–Crippen MR) is 290 cm³/mol. The Bertz CT molecular complexity index is 4520. The summed E-state index contributed by atoms with van der Waals surface area (Å²) in [5.41, 5.74) is -3.12. The van der Waals surface area contributed by atoms with Crippen LogP contribution in [0, 0.1) is 12.0 Å². The number of nitrogens with zero attached hydrogens (tertiary/aromatic N) is 11. The number of aromatic amines is 1. The van der Waals surface area contributed by atoms with Gasteiger partial charge in [0, 0.05) is 41.7 Å². The van der Waals surface area contributed by atoms with Crippen molar-refractivity contribution in [2.45, 2.75) is 39.3 Å². The molecular formula is C46H42FN15O17S4. The molecule has 0 aliphatic carbocycles. The summed E-state index contributed by atoms with van der Waals surface area (Å²) in [7, 11) is -17.6. The van der Waals surface area contributed by atoms with Crippen molar-refractivity contribution in [3.05, 3.63) is 101 Å². The van der Waals surface area contributed by atoms with E-state index in [1.165, 1.54) is 62.8 Å². The molecule has 0 radical (unpaired) electrons. The smallest absolute Gasteiger partial charge is 0.351 e. The van der Waals surface area contributed by atoms with Gasteiger partial charge in [-0.1, -0.05) is 6.92 Å². The van der Waals surface area contributed by atoms with Gasteiger partial charge >= 0.3 is 11.8 Å². The Balaban J connectivity index is 0.883. The first-order chi connectivity index (χ1) is 39.1. The van der Waals surface area contributed by atoms with Crippen molar-refractivity contribution in [3.63, 3.8) is 0 Å². The van der Waals surface area contributed by atoms with E-state index in [0.717, 1.165) is 36.4 Å². The molecule has 10 N–H and O–H groups in total. The number of aromatic hydroxyl groups is 2. The molecule has 0 amide bonds. The lowest BCUT2D eigenvalue weighted by molar-refractivity contribution is 0.412. The molecule has 8 rings (SSSR count). The monoisotopic (exact) mass is 1220 g/mol. The minimum absolute atomic E-state index is 0.00104. The third kappa shape index (κ3) is 14.6. The third-order valence-corrected chi connectivity index (χ3v) is 15.1. The lowest BCUT2D eigenvalue weighted by Gasteiger charge is -2.14. The molecule has 1 atom stereocenters. The first-order valence-corrected chi connectivity index (χ1v) is 29.1. The maximum absolute atomic E-state index is 14.7. The van der Waals surface area contributed by atoms with Crippen molar-refractivity contribution in [3.8, 4) is 23.0 Å². The van der Waals surface area contributed by atoms with Gasteiger partial charge in [0.05, 0.1) is 19.9 Å². The largest absolute Gasteiger partial charge is 0.505 e. The number of fused-ring (bicyclic) bond motifs is 2. The Hall–Kier alpha value is -9.37. The fourth-order valence-corrected chi connectivity index (χ4v) is 10.3. The minimum Gasteiger partial charge on any atom is -0.505 e. The van der Waals surface area contributed by atoms with E-state index in [0.29, 0.717) is 12.8 Å². The van der Waals surface area contributed by atoms with Crippen LogP contribution in [0.1, 0.15) is 19.8 Å². The third-order valence-electron chi connectivity index (χ3n) is 11.6. The highest BCUT2D eigenvalue weighted by Gasteiger charge is 2.26. The van der Waals surface area contributed by atoms with Crippen LogP contribution in [0.2, 0.25) is 0 Å². The molecule has 83 heavy (non-hydrogen) atoms. The van der Waals surface area contributed by atoms with Crippen LogP contribution in [0.15, 0.2) is 140 Å². The zero-order valence-corrected chi connectivity index (χ0v) is 45.9. The van der Waals surface area contributed by atoms with Crippen LogP contribution in [-0.2, 0) is 40.5 Å². The summed E-state index contributed by atoms with van der Waals surface area (Å²) >= 11 is 0. The summed E-state index contributed by atoms with van der Waals surface area (Å²) in [5.74, 6) is -2.48.